The number of ketones is 2. The Morgan fingerprint density at radius 3 is 1.65 bits per heavy atom. The van der Waals surface area contributed by atoms with Crippen molar-refractivity contribution in [3.8, 4) is 17.2 Å². The first-order valence-corrected chi connectivity index (χ1v) is 12.3. The number of alkyl halides is 6. The van der Waals surface area contributed by atoms with Gasteiger partial charge in [0.15, 0.2) is 5.69 Å². The van der Waals surface area contributed by atoms with E-state index in [1.54, 1.807) is 32.2 Å². The highest BCUT2D eigenvalue weighted by Gasteiger charge is 2.38. The van der Waals surface area contributed by atoms with Gasteiger partial charge in [0.05, 0.1) is 26.3 Å². The number of ether oxygens (including phenoxy) is 2. The first-order chi connectivity index (χ1) is 21.3. The zero-order valence-electron chi connectivity index (χ0n) is 25.3. The lowest BCUT2D eigenvalue weighted by Crippen LogP contribution is -2.24. The van der Waals surface area contributed by atoms with Gasteiger partial charge in [-0.15, -0.1) is 0 Å². The Morgan fingerprint density at radius 2 is 1.30 bits per heavy atom. The summed E-state index contributed by atoms with van der Waals surface area (Å²) in [5.74, 6) is 3.74. The molecule has 0 aliphatic heterocycles. The Balaban J connectivity index is 0. The second-order valence-corrected chi connectivity index (χ2v) is 8.57. The number of hydrogen-bond donors (Lipinski definition) is 2. The number of nitrogens with one attached hydrogen (secondary N) is 1. The van der Waals surface area contributed by atoms with Crippen molar-refractivity contribution in [2.45, 2.75) is 46.5 Å². The summed E-state index contributed by atoms with van der Waals surface area (Å²) in [6.07, 6.45) is -9.87. The van der Waals surface area contributed by atoms with Crippen LogP contribution in [0.5, 0.6) is 11.5 Å². The fourth-order valence-electron chi connectivity index (χ4n) is 3.06. The molecule has 1 aromatic heterocycles. The van der Waals surface area contributed by atoms with Gasteiger partial charge in [-0.05, 0) is 69.2 Å². The van der Waals surface area contributed by atoms with Crippen LogP contribution in [0.2, 0.25) is 0 Å². The Labute approximate surface area is 258 Å². The number of halogens is 6. The first kappa shape index (κ1) is 42.8. The van der Waals surface area contributed by atoms with Crippen molar-refractivity contribution in [3.63, 3.8) is 0 Å². The highest BCUT2D eigenvalue weighted by atomic mass is 19.4. The molecule has 12 nitrogen and oxygen atoms in total. The second kappa shape index (κ2) is 20.6. The molecule has 252 valence electrons. The lowest BCUT2D eigenvalue weighted by atomic mass is 10.2. The molecule has 3 aromatic rings. The molecule has 2 aromatic carbocycles. The van der Waals surface area contributed by atoms with E-state index in [-0.39, 0.29) is 12.3 Å². The number of Topliss-reactive ketones (excluding diaryl/α,β-unsaturated/α-hetero) is 2. The number of anilines is 1. The van der Waals surface area contributed by atoms with Gasteiger partial charge in [0.2, 0.25) is 5.78 Å². The molecule has 0 spiro atoms. The van der Waals surface area contributed by atoms with Gasteiger partial charge in [-0.3, -0.25) is 15.4 Å². The zero-order chi connectivity index (χ0) is 36.3. The number of nitrogen functional groups attached to an aromatic ring is 1. The lowest BCUT2D eigenvalue weighted by molar-refractivity contribution is -0.193. The van der Waals surface area contributed by atoms with Gasteiger partial charge in [0.25, 0.3) is 0 Å². The summed E-state index contributed by atoms with van der Waals surface area (Å²) in [7, 11) is 3.09. The van der Waals surface area contributed by atoms with E-state index in [0.717, 1.165) is 35.6 Å². The minimum Gasteiger partial charge on any atom is -0.495 e. The summed E-state index contributed by atoms with van der Waals surface area (Å²) in [5, 5.41) is 3.60. The monoisotopic (exact) mass is 664 g/mol. The van der Waals surface area contributed by atoms with Crippen molar-refractivity contribution in [1.29, 1.82) is 0 Å². The van der Waals surface area contributed by atoms with Crippen molar-refractivity contribution in [2.24, 2.45) is 5.84 Å². The quantitative estimate of drug-likeness (QED) is 0.161. The number of benzene rings is 2. The smallest absolute Gasteiger partial charge is 0.450 e. The van der Waals surface area contributed by atoms with Gasteiger partial charge in [-0.25, -0.2) is 4.68 Å². The molecular weight excluding hydrogens is 634 g/mol. The molecule has 0 radical (unpaired) electrons. The van der Waals surface area contributed by atoms with Crippen molar-refractivity contribution in [2.75, 3.05) is 19.6 Å². The third-order valence-corrected chi connectivity index (χ3v) is 4.98. The van der Waals surface area contributed by atoms with E-state index in [9.17, 15) is 35.9 Å². The molecule has 1 heterocycles. The first-order valence-electron chi connectivity index (χ1n) is 12.3. The Morgan fingerprint density at radius 1 is 0.848 bits per heavy atom. The molecule has 0 aliphatic rings. The molecule has 0 saturated heterocycles. The lowest BCUT2D eigenvalue weighted by Gasteiger charge is -2.11. The van der Waals surface area contributed by atoms with Crippen LogP contribution < -0.4 is 20.7 Å². The average Bonchev–Trinajstić information content (AvgIpc) is 3.35. The normalized spacial score (nSPS) is 9.85. The number of aryl methyl sites for hydroxylation is 3. The number of rotatable bonds is 6. The van der Waals surface area contributed by atoms with Gasteiger partial charge in [-0.2, -0.15) is 50.6 Å². The van der Waals surface area contributed by atoms with E-state index in [4.69, 9.17) is 34.5 Å². The topological polar surface area (TPSA) is 177 Å². The van der Waals surface area contributed by atoms with E-state index < -0.39 is 36.0 Å². The van der Waals surface area contributed by atoms with Crippen LogP contribution in [-0.4, -0.2) is 54.0 Å². The van der Waals surface area contributed by atoms with E-state index in [1.165, 1.54) is 11.8 Å². The van der Waals surface area contributed by atoms with Gasteiger partial charge in [0.1, 0.15) is 23.0 Å². The Hall–Kier alpha value is -5.31. The third-order valence-electron chi connectivity index (χ3n) is 4.98. The number of hydrazine groups is 1. The minimum absolute atomic E-state index is 0.250. The van der Waals surface area contributed by atoms with Crippen molar-refractivity contribution in [3.05, 3.63) is 65.0 Å². The maximum absolute atomic E-state index is 12.6. The standard InChI is InChI=1S/C13H13F3N2O.C8H12N2O.C5H5F3O2.2CO2/c1-8-4-5-10(11(6-8)19-3)18-9(2)7-12(17-18)13(14,15)16;1-6-3-4-7(10-9)8(5-6)11-2;1-3(9)2-4(10)5(6,7)8;2*2-1-3/h4-7H,1-3H3;3-5,10H,9H2,1-2H3;2H2,1H3;;. The number of carbonyl (C=O) groups excluding carboxylic acids is 6. The summed E-state index contributed by atoms with van der Waals surface area (Å²) >= 11 is 0. The molecule has 0 unspecified atom stereocenters. The number of hydrogen-bond acceptors (Lipinski definition) is 11. The number of carbonyl (C=O) groups is 2. The van der Waals surface area contributed by atoms with E-state index >= 15 is 0 Å². The summed E-state index contributed by atoms with van der Waals surface area (Å²) in [6, 6.07) is 12.0. The molecule has 0 fully saturated rings. The molecule has 46 heavy (non-hydrogen) atoms. The molecular formula is C28H30F6N4O8. The van der Waals surface area contributed by atoms with Crippen LogP contribution in [0.4, 0.5) is 32.0 Å². The fraction of sp³-hybridized carbons (Fsp3) is 0.321. The van der Waals surface area contributed by atoms with Crippen LogP contribution in [0.25, 0.3) is 5.69 Å². The highest BCUT2D eigenvalue weighted by Crippen LogP contribution is 2.31. The van der Waals surface area contributed by atoms with Crippen LogP contribution in [0.15, 0.2) is 42.5 Å². The summed E-state index contributed by atoms with van der Waals surface area (Å²) in [4.78, 5) is 52.4. The Bertz CT molecular complexity index is 1480. The molecule has 18 heteroatoms. The molecule has 0 amide bonds. The van der Waals surface area contributed by atoms with E-state index in [2.05, 4.69) is 10.5 Å². The predicted molar refractivity (Wildman–Crippen MR) is 147 cm³/mol. The van der Waals surface area contributed by atoms with Gasteiger partial charge >= 0.3 is 24.7 Å². The van der Waals surface area contributed by atoms with E-state index in [0.29, 0.717) is 17.1 Å². The molecule has 3 N–H and O–H groups in total. The fourth-order valence-corrected chi connectivity index (χ4v) is 3.06. The Kier molecular flexibility index (Phi) is 19.2. The average molecular weight is 665 g/mol. The van der Waals surface area contributed by atoms with Crippen molar-refractivity contribution in [1.82, 2.24) is 9.78 Å². The number of methoxy groups -OCH3 is 2. The van der Waals surface area contributed by atoms with Gasteiger partial charge in [-0.1, -0.05) is 12.1 Å². The SMILES string of the molecule is CC(=O)CC(=O)C(F)(F)F.COc1cc(C)ccc1-n1nc(C(F)(F)F)cc1C.COc1cc(C)ccc1NN.O=C=O.O=C=O. The highest BCUT2D eigenvalue weighted by molar-refractivity contribution is 6.00. The van der Waals surface area contributed by atoms with E-state index in [1.807, 2.05) is 32.0 Å². The predicted octanol–water partition coefficient (Wildman–Crippen LogP) is 4.74. The van der Waals surface area contributed by atoms with Crippen LogP contribution in [0.3, 0.4) is 0 Å². The number of nitrogens with zero attached hydrogens (tertiary/aromatic N) is 2. The molecule has 3 rings (SSSR count). The third kappa shape index (κ3) is 16.0. The van der Waals surface area contributed by atoms with Crippen LogP contribution >= 0.6 is 0 Å². The largest absolute Gasteiger partial charge is 0.495 e. The maximum atomic E-state index is 12.6. The molecule has 0 saturated carbocycles. The minimum atomic E-state index is -4.87. The maximum Gasteiger partial charge on any atom is 0.450 e. The molecule has 0 atom stereocenters. The second-order valence-electron chi connectivity index (χ2n) is 8.57. The van der Waals surface area contributed by atoms with Gasteiger partial charge < -0.3 is 14.9 Å². The number of aromatic nitrogens is 2. The van der Waals surface area contributed by atoms with Crippen LogP contribution in [-0.2, 0) is 34.9 Å². The molecule has 0 aliphatic carbocycles. The van der Waals surface area contributed by atoms with Gasteiger partial charge in [0, 0.05) is 5.69 Å². The van der Waals surface area contributed by atoms with Crippen LogP contribution in [0, 0.1) is 20.8 Å². The number of nitrogens with two attached hydrogens (primary N) is 1. The summed E-state index contributed by atoms with van der Waals surface area (Å²) in [6.45, 7) is 6.39. The molecule has 0 bridgehead atoms. The summed E-state index contributed by atoms with van der Waals surface area (Å²) in [5.41, 5.74) is 5.44. The van der Waals surface area contributed by atoms with Crippen molar-refractivity contribution < 1.29 is 64.6 Å². The van der Waals surface area contributed by atoms with Crippen LogP contribution in [0.1, 0.15) is 35.9 Å². The zero-order valence-corrected chi connectivity index (χ0v) is 25.3. The van der Waals surface area contributed by atoms with Crippen molar-refractivity contribution >= 4 is 29.6 Å². The summed E-state index contributed by atoms with van der Waals surface area (Å²) < 4.78 is 83.3.